The summed E-state index contributed by atoms with van der Waals surface area (Å²) in [5.74, 6) is 2.63. The van der Waals surface area contributed by atoms with Crippen molar-refractivity contribution in [2.75, 3.05) is 10.6 Å². The van der Waals surface area contributed by atoms with Crippen molar-refractivity contribution in [3.05, 3.63) is 94.0 Å². The number of halogens is 1. The minimum Gasteiger partial charge on any atom is -0.378 e. The van der Waals surface area contributed by atoms with Crippen LogP contribution in [0.1, 0.15) is 52.7 Å². The van der Waals surface area contributed by atoms with Gasteiger partial charge in [0.1, 0.15) is 0 Å². The number of carbonyl (C=O) groups excluding carboxylic acids is 1. The van der Waals surface area contributed by atoms with Gasteiger partial charge in [0, 0.05) is 21.4 Å². The van der Waals surface area contributed by atoms with E-state index in [0.717, 1.165) is 27.6 Å². The van der Waals surface area contributed by atoms with E-state index in [1.54, 1.807) is 0 Å². The van der Waals surface area contributed by atoms with Gasteiger partial charge in [-0.15, -0.1) is 0 Å². The van der Waals surface area contributed by atoms with E-state index < -0.39 is 0 Å². The van der Waals surface area contributed by atoms with Crippen LogP contribution in [0.25, 0.3) is 0 Å². The molecule has 2 aliphatic carbocycles. The summed E-state index contributed by atoms with van der Waals surface area (Å²) in [7, 11) is 0. The number of carbonyl (C=O) groups is 1. The monoisotopic (exact) mass is 472 g/mol. The van der Waals surface area contributed by atoms with E-state index in [1.165, 1.54) is 36.1 Å². The SMILES string of the molecule is O=C(Nc1ccc(Br)cc1)c1ccc2c(c1)[C@@H]1[C@H]3CC[C@@H](C3)[C@@H]1[C@H](c1ccccc1)N2. The molecule has 1 heterocycles. The van der Waals surface area contributed by atoms with Crippen LogP contribution >= 0.6 is 15.9 Å². The molecule has 6 rings (SSSR count). The first-order valence-corrected chi connectivity index (χ1v) is 12.0. The Balaban J connectivity index is 1.34. The molecule has 3 nitrogen and oxygen atoms in total. The van der Waals surface area contributed by atoms with E-state index in [4.69, 9.17) is 0 Å². The Morgan fingerprint density at radius 3 is 2.52 bits per heavy atom. The molecular weight excluding hydrogens is 448 g/mol. The summed E-state index contributed by atoms with van der Waals surface area (Å²) >= 11 is 3.44. The number of benzene rings is 3. The zero-order valence-electron chi connectivity index (χ0n) is 17.2. The summed E-state index contributed by atoms with van der Waals surface area (Å²) in [5.41, 5.74) is 5.47. The van der Waals surface area contributed by atoms with Gasteiger partial charge in [0.05, 0.1) is 6.04 Å². The molecule has 0 aromatic heterocycles. The average Bonchev–Trinajstić information content (AvgIpc) is 3.43. The summed E-state index contributed by atoms with van der Waals surface area (Å²) in [6.45, 7) is 0. The summed E-state index contributed by atoms with van der Waals surface area (Å²) in [6, 6.07) is 25.2. The molecule has 2 bridgehead atoms. The third kappa shape index (κ3) is 3.28. The number of hydrogen-bond acceptors (Lipinski definition) is 2. The average molecular weight is 473 g/mol. The molecule has 2 saturated carbocycles. The van der Waals surface area contributed by atoms with Crippen molar-refractivity contribution in [2.45, 2.75) is 31.2 Å². The number of rotatable bonds is 3. The van der Waals surface area contributed by atoms with Crippen molar-refractivity contribution in [3.8, 4) is 0 Å². The molecule has 5 atom stereocenters. The molecule has 2 fully saturated rings. The Bertz CT molecular complexity index is 1130. The minimum absolute atomic E-state index is 0.0463. The second kappa shape index (κ2) is 7.52. The maximum absolute atomic E-state index is 13.0. The second-order valence-corrected chi connectivity index (χ2v) is 10.1. The molecule has 0 radical (unpaired) electrons. The maximum Gasteiger partial charge on any atom is 0.255 e. The summed E-state index contributed by atoms with van der Waals surface area (Å²) in [6.07, 6.45) is 3.99. The van der Waals surface area contributed by atoms with Crippen molar-refractivity contribution in [2.24, 2.45) is 17.8 Å². The molecule has 3 aromatic rings. The Hall–Kier alpha value is -2.59. The number of anilines is 2. The molecule has 0 unspecified atom stereocenters. The molecule has 2 N–H and O–H groups in total. The predicted octanol–water partition coefficient (Wildman–Crippen LogP) is 7.00. The first kappa shape index (κ1) is 19.1. The molecule has 31 heavy (non-hydrogen) atoms. The Labute approximate surface area is 191 Å². The highest BCUT2D eigenvalue weighted by Crippen LogP contribution is 2.63. The van der Waals surface area contributed by atoms with Crippen LogP contribution in [-0.4, -0.2) is 5.91 Å². The molecule has 156 valence electrons. The highest BCUT2D eigenvalue weighted by molar-refractivity contribution is 9.10. The van der Waals surface area contributed by atoms with Gasteiger partial charge >= 0.3 is 0 Å². The number of amides is 1. The molecule has 3 aromatic carbocycles. The van der Waals surface area contributed by atoms with Gasteiger partial charge < -0.3 is 10.6 Å². The molecule has 1 aliphatic heterocycles. The smallest absolute Gasteiger partial charge is 0.255 e. The third-order valence-corrected chi connectivity index (χ3v) is 8.14. The van der Waals surface area contributed by atoms with Gasteiger partial charge in [0.25, 0.3) is 5.91 Å². The standard InChI is InChI=1S/C27H25BrN2O/c28-20-9-11-21(12-10-20)29-27(31)19-8-13-23-22(15-19)24-17-6-7-18(14-17)25(24)26(30-23)16-4-2-1-3-5-16/h1-5,8-13,15,17-18,24-26,30H,6-7,14H2,(H,29,31)/t17-,18-,24-,25-,26-/m0/s1. The van der Waals surface area contributed by atoms with Crippen LogP contribution in [0.2, 0.25) is 0 Å². The fourth-order valence-electron chi connectivity index (χ4n) is 6.35. The summed E-state index contributed by atoms with van der Waals surface area (Å²) < 4.78 is 1.00. The van der Waals surface area contributed by atoms with Crippen molar-refractivity contribution in [1.82, 2.24) is 0 Å². The fourth-order valence-corrected chi connectivity index (χ4v) is 6.62. The number of hydrogen-bond donors (Lipinski definition) is 2. The van der Waals surface area contributed by atoms with E-state index >= 15 is 0 Å². The zero-order chi connectivity index (χ0) is 20.9. The molecular formula is C27H25BrN2O. The van der Waals surface area contributed by atoms with E-state index in [9.17, 15) is 4.79 Å². The third-order valence-electron chi connectivity index (χ3n) is 7.61. The van der Waals surface area contributed by atoms with Crippen LogP contribution in [0.4, 0.5) is 11.4 Å². The Morgan fingerprint density at radius 2 is 1.71 bits per heavy atom. The van der Waals surface area contributed by atoms with Crippen LogP contribution in [0.3, 0.4) is 0 Å². The van der Waals surface area contributed by atoms with E-state index in [-0.39, 0.29) is 5.91 Å². The van der Waals surface area contributed by atoms with Crippen LogP contribution in [0.15, 0.2) is 77.3 Å². The quantitative estimate of drug-likeness (QED) is 0.430. The molecule has 3 aliphatic rings. The largest absolute Gasteiger partial charge is 0.378 e. The van der Waals surface area contributed by atoms with Gasteiger partial charge in [-0.25, -0.2) is 0 Å². The van der Waals surface area contributed by atoms with Crippen LogP contribution in [0.5, 0.6) is 0 Å². The van der Waals surface area contributed by atoms with E-state index in [1.807, 2.05) is 30.3 Å². The highest BCUT2D eigenvalue weighted by atomic mass is 79.9. The summed E-state index contributed by atoms with van der Waals surface area (Å²) in [4.78, 5) is 13.0. The topological polar surface area (TPSA) is 41.1 Å². The Morgan fingerprint density at radius 1 is 0.935 bits per heavy atom. The number of nitrogens with one attached hydrogen (secondary N) is 2. The fraction of sp³-hybridized carbons (Fsp3) is 0.296. The van der Waals surface area contributed by atoms with Crippen molar-refractivity contribution in [1.29, 1.82) is 0 Å². The lowest BCUT2D eigenvalue weighted by molar-refractivity contribution is 0.102. The van der Waals surface area contributed by atoms with Crippen LogP contribution < -0.4 is 10.6 Å². The van der Waals surface area contributed by atoms with Crippen molar-refractivity contribution < 1.29 is 4.79 Å². The molecule has 4 heteroatoms. The van der Waals surface area contributed by atoms with Crippen LogP contribution in [-0.2, 0) is 0 Å². The Kier molecular flexibility index (Phi) is 4.64. The highest BCUT2D eigenvalue weighted by Gasteiger charge is 2.53. The first-order valence-electron chi connectivity index (χ1n) is 11.2. The second-order valence-electron chi connectivity index (χ2n) is 9.23. The minimum atomic E-state index is -0.0463. The lowest BCUT2D eigenvalue weighted by Gasteiger charge is -2.43. The van der Waals surface area contributed by atoms with E-state index in [0.29, 0.717) is 17.9 Å². The molecule has 0 spiro atoms. The summed E-state index contributed by atoms with van der Waals surface area (Å²) in [5, 5.41) is 6.90. The lowest BCUT2D eigenvalue weighted by atomic mass is 9.68. The normalized spacial score (nSPS) is 27.8. The number of fused-ring (bicyclic) bond motifs is 7. The van der Waals surface area contributed by atoms with Gasteiger partial charge in [-0.1, -0.05) is 46.3 Å². The van der Waals surface area contributed by atoms with Crippen molar-refractivity contribution >= 4 is 33.2 Å². The van der Waals surface area contributed by atoms with Crippen LogP contribution in [0, 0.1) is 17.8 Å². The lowest BCUT2D eigenvalue weighted by Crippen LogP contribution is -2.35. The van der Waals surface area contributed by atoms with Gasteiger partial charge in [-0.2, -0.15) is 0 Å². The van der Waals surface area contributed by atoms with Gasteiger partial charge in [-0.05, 0) is 96.5 Å². The molecule has 0 saturated heterocycles. The van der Waals surface area contributed by atoms with Gasteiger partial charge in [-0.3, -0.25) is 4.79 Å². The van der Waals surface area contributed by atoms with Gasteiger partial charge in [0.15, 0.2) is 0 Å². The van der Waals surface area contributed by atoms with E-state index in [2.05, 4.69) is 69.0 Å². The first-order chi connectivity index (χ1) is 15.2. The van der Waals surface area contributed by atoms with Crippen molar-refractivity contribution in [3.63, 3.8) is 0 Å². The zero-order valence-corrected chi connectivity index (χ0v) is 18.8. The van der Waals surface area contributed by atoms with Gasteiger partial charge in [0.2, 0.25) is 0 Å². The maximum atomic E-state index is 13.0. The molecule has 1 amide bonds. The predicted molar refractivity (Wildman–Crippen MR) is 128 cm³/mol.